The molecule has 0 bridgehead atoms. The number of aryl methyl sites for hydroxylation is 1. The van der Waals surface area contributed by atoms with Gasteiger partial charge in [0.1, 0.15) is 5.56 Å². The van der Waals surface area contributed by atoms with Crippen molar-refractivity contribution in [2.45, 2.75) is 25.8 Å². The number of halogens is 4. The van der Waals surface area contributed by atoms with Crippen LogP contribution in [0.2, 0.25) is 0 Å². The Balaban J connectivity index is 0.000000595. The Labute approximate surface area is 128 Å². The van der Waals surface area contributed by atoms with E-state index in [9.17, 15) is 27.0 Å². The van der Waals surface area contributed by atoms with Gasteiger partial charge in [0.15, 0.2) is 11.6 Å². The zero-order valence-electron chi connectivity index (χ0n) is 12.1. The molecule has 0 atom stereocenters. The molecule has 1 fully saturated rings. The summed E-state index contributed by atoms with van der Waals surface area (Å²) in [6.07, 6.45) is 2.89. The van der Waals surface area contributed by atoms with Gasteiger partial charge in [-0.15, -0.1) is 0 Å². The molecule has 0 spiro atoms. The van der Waals surface area contributed by atoms with E-state index in [4.69, 9.17) is 5.11 Å². The van der Waals surface area contributed by atoms with Crippen molar-refractivity contribution >= 4 is 24.7 Å². The molecule has 2 aromatic rings. The first kappa shape index (κ1) is 17.0. The standard InChI is InChI=1S/C14H11F2NO3.BF2H/c1-6-11(16)10(15)4-8-12(6)17(7-2-3-7)5-9(13(8)18)14(19)20;2-1-3/h4-5,7H,2-3H2,1H3,(H,19,20);1H. The zero-order chi connectivity index (χ0) is 17.3. The minimum atomic E-state index is -1.75. The lowest BCUT2D eigenvalue weighted by Gasteiger charge is -2.14. The van der Waals surface area contributed by atoms with Crippen molar-refractivity contribution in [3.63, 3.8) is 0 Å². The molecule has 122 valence electrons. The number of benzene rings is 1. The fraction of sp³-hybridized carbons (Fsp3) is 0.286. The molecule has 23 heavy (non-hydrogen) atoms. The molecule has 4 nitrogen and oxygen atoms in total. The Kier molecular flexibility index (Phi) is 4.77. The average molecular weight is 329 g/mol. The summed E-state index contributed by atoms with van der Waals surface area (Å²) in [4.78, 5) is 23.2. The summed E-state index contributed by atoms with van der Waals surface area (Å²) in [5.41, 5.74) is -0.899. The molecule has 1 N–H and O–H groups in total. The highest BCUT2D eigenvalue weighted by Gasteiger charge is 2.28. The van der Waals surface area contributed by atoms with Crippen LogP contribution in [0.4, 0.5) is 17.4 Å². The van der Waals surface area contributed by atoms with Gasteiger partial charge >= 0.3 is 13.8 Å². The van der Waals surface area contributed by atoms with Crippen molar-refractivity contribution in [2.24, 2.45) is 0 Å². The number of carboxylic acids is 1. The number of aromatic nitrogens is 1. The molecule has 0 unspecified atom stereocenters. The minimum Gasteiger partial charge on any atom is -0.477 e. The predicted octanol–water partition coefficient (Wildman–Crippen LogP) is 2.81. The van der Waals surface area contributed by atoms with Crippen LogP contribution in [0.15, 0.2) is 17.1 Å². The monoisotopic (exact) mass is 329 g/mol. The van der Waals surface area contributed by atoms with Crippen LogP contribution < -0.4 is 5.43 Å². The van der Waals surface area contributed by atoms with Gasteiger partial charge in [-0.05, 0) is 25.8 Å². The molecule has 0 radical (unpaired) electrons. The van der Waals surface area contributed by atoms with Gasteiger partial charge in [-0.25, -0.2) is 13.6 Å². The summed E-state index contributed by atoms with van der Waals surface area (Å²) in [5, 5.41) is 8.97. The molecular weight excluding hydrogens is 317 g/mol. The fourth-order valence-electron chi connectivity index (χ4n) is 2.45. The number of nitrogens with zero attached hydrogens (tertiary/aromatic N) is 1. The van der Waals surface area contributed by atoms with E-state index in [1.807, 2.05) is 0 Å². The zero-order valence-corrected chi connectivity index (χ0v) is 12.1. The molecule has 1 aliphatic carbocycles. The number of pyridine rings is 1. The molecule has 1 heterocycles. The number of aromatic carboxylic acids is 1. The topological polar surface area (TPSA) is 59.3 Å². The van der Waals surface area contributed by atoms with Crippen LogP contribution >= 0.6 is 0 Å². The number of fused-ring (bicyclic) bond motifs is 1. The maximum Gasteiger partial charge on any atom is 0.521 e. The maximum absolute atomic E-state index is 13.7. The number of carbonyl (C=O) groups is 1. The van der Waals surface area contributed by atoms with Crippen LogP contribution in [0, 0.1) is 18.6 Å². The van der Waals surface area contributed by atoms with Crippen molar-refractivity contribution in [2.75, 3.05) is 0 Å². The molecule has 1 aliphatic rings. The predicted molar refractivity (Wildman–Crippen MR) is 77.5 cm³/mol. The summed E-state index contributed by atoms with van der Waals surface area (Å²) in [6.45, 7) is 1.39. The quantitative estimate of drug-likeness (QED) is 0.681. The average Bonchev–Trinajstić information content (AvgIpc) is 3.31. The van der Waals surface area contributed by atoms with Gasteiger partial charge < -0.3 is 9.67 Å². The second-order valence-electron chi connectivity index (χ2n) is 5.11. The van der Waals surface area contributed by atoms with E-state index in [1.54, 1.807) is 4.57 Å². The third-order valence-electron chi connectivity index (χ3n) is 3.61. The molecule has 1 aromatic heterocycles. The lowest BCUT2D eigenvalue weighted by atomic mass is 10.1. The largest absolute Gasteiger partial charge is 0.521 e. The first-order chi connectivity index (χ1) is 10.8. The van der Waals surface area contributed by atoms with Gasteiger partial charge in [0.25, 0.3) is 0 Å². The number of rotatable bonds is 2. The van der Waals surface area contributed by atoms with Crippen LogP contribution in [0.25, 0.3) is 10.9 Å². The molecule has 0 saturated heterocycles. The van der Waals surface area contributed by atoms with Crippen molar-refractivity contribution in [1.82, 2.24) is 4.57 Å². The third kappa shape index (κ3) is 3.08. The highest BCUT2D eigenvalue weighted by Crippen LogP contribution is 2.38. The third-order valence-corrected chi connectivity index (χ3v) is 3.61. The van der Waals surface area contributed by atoms with E-state index < -0.39 is 36.4 Å². The Morgan fingerprint density at radius 1 is 1.35 bits per heavy atom. The second-order valence-corrected chi connectivity index (χ2v) is 5.11. The van der Waals surface area contributed by atoms with E-state index in [0.29, 0.717) is 0 Å². The van der Waals surface area contributed by atoms with Gasteiger partial charge in [-0.2, -0.15) is 0 Å². The summed E-state index contributed by atoms with van der Waals surface area (Å²) in [7, 11) is -1.75. The van der Waals surface area contributed by atoms with Crippen molar-refractivity contribution < 1.29 is 27.3 Å². The highest BCUT2D eigenvalue weighted by molar-refractivity contribution is 6.15. The van der Waals surface area contributed by atoms with E-state index in [2.05, 4.69) is 0 Å². The van der Waals surface area contributed by atoms with Gasteiger partial charge in [-0.3, -0.25) is 13.4 Å². The lowest BCUT2D eigenvalue weighted by Crippen LogP contribution is -2.20. The van der Waals surface area contributed by atoms with Gasteiger partial charge in [-0.1, -0.05) is 0 Å². The highest BCUT2D eigenvalue weighted by atomic mass is 19.2. The Bertz CT molecular complexity index is 833. The molecule has 1 saturated carbocycles. The molecule has 0 amide bonds. The van der Waals surface area contributed by atoms with E-state index in [-0.39, 0.29) is 22.5 Å². The van der Waals surface area contributed by atoms with Gasteiger partial charge in [0, 0.05) is 23.2 Å². The molecule has 0 aliphatic heterocycles. The van der Waals surface area contributed by atoms with Crippen molar-refractivity contribution in [1.29, 1.82) is 0 Å². The summed E-state index contributed by atoms with van der Waals surface area (Å²) < 4.78 is 48.0. The van der Waals surface area contributed by atoms with Gasteiger partial charge in [0.05, 0.1) is 5.52 Å². The first-order valence-corrected chi connectivity index (χ1v) is 6.72. The van der Waals surface area contributed by atoms with Crippen molar-refractivity contribution in [3.8, 4) is 0 Å². The molecular formula is C14H12BF4NO3. The minimum absolute atomic E-state index is 0.0286. The van der Waals surface area contributed by atoms with Crippen LogP contribution in [-0.4, -0.2) is 23.5 Å². The van der Waals surface area contributed by atoms with Crippen molar-refractivity contribution in [3.05, 3.63) is 45.2 Å². The SMILES string of the molecule is Cc1c(F)c(F)cc2c(=O)c(C(=O)O)cn(C3CC3)c12.FBF. The summed E-state index contributed by atoms with van der Waals surface area (Å²) >= 11 is 0. The number of carboxylic acid groups (broad SMARTS) is 1. The van der Waals surface area contributed by atoms with Gasteiger partial charge in [0.2, 0.25) is 5.43 Å². The van der Waals surface area contributed by atoms with E-state index in [1.165, 1.54) is 13.1 Å². The maximum atomic E-state index is 13.7. The second kappa shape index (κ2) is 6.43. The Hall–Kier alpha value is -2.32. The number of hydrogen-bond acceptors (Lipinski definition) is 2. The fourth-order valence-corrected chi connectivity index (χ4v) is 2.45. The van der Waals surface area contributed by atoms with Crippen LogP contribution in [-0.2, 0) is 0 Å². The normalized spacial score (nSPS) is 13.4. The van der Waals surface area contributed by atoms with Crippen LogP contribution in [0.3, 0.4) is 0 Å². The summed E-state index contributed by atoms with van der Waals surface area (Å²) in [6, 6.07) is 0.825. The Morgan fingerprint density at radius 3 is 2.39 bits per heavy atom. The molecule has 3 rings (SSSR count). The van der Waals surface area contributed by atoms with Crippen LogP contribution in [0.5, 0.6) is 0 Å². The van der Waals surface area contributed by atoms with E-state index >= 15 is 0 Å². The molecule has 9 heteroatoms. The lowest BCUT2D eigenvalue weighted by molar-refractivity contribution is 0.0695. The Morgan fingerprint density at radius 2 is 1.91 bits per heavy atom. The summed E-state index contributed by atoms with van der Waals surface area (Å²) in [5.74, 6) is -3.51. The first-order valence-electron chi connectivity index (χ1n) is 6.72. The number of hydrogen-bond donors (Lipinski definition) is 1. The smallest absolute Gasteiger partial charge is 0.477 e. The van der Waals surface area contributed by atoms with E-state index in [0.717, 1.165) is 18.9 Å². The molecule has 1 aromatic carbocycles. The van der Waals surface area contributed by atoms with Crippen LogP contribution in [0.1, 0.15) is 34.8 Å².